The van der Waals surface area contributed by atoms with Crippen LogP contribution in [0, 0.1) is 0 Å². The van der Waals surface area contributed by atoms with Crippen LogP contribution in [0.5, 0.6) is 0 Å². The number of anilines is 1. The molecule has 3 heterocycles. The van der Waals surface area contributed by atoms with Crippen LogP contribution >= 0.6 is 0 Å². The quantitative estimate of drug-likeness (QED) is 0.417. The molecule has 2 aromatic carbocycles. The van der Waals surface area contributed by atoms with Gasteiger partial charge in [0.1, 0.15) is 5.67 Å². The summed E-state index contributed by atoms with van der Waals surface area (Å²) in [5.74, 6) is 0. The summed E-state index contributed by atoms with van der Waals surface area (Å²) in [6.07, 6.45) is 4.88. The van der Waals surface area contributed by atoms with E-state index in [4.69, 9.17) is 5.10 Å². The number of rotatable bonds is 5. The van der Waals surface area contributed by atoms with E-state index in [0.717, 1.165) is 67.1 Å². The molecule has 0 amide bonds. The van der Waals surface area contributed by atoms with E-state index in [2.05, 4.69) is 33.0 Å². The minimum atomic E-state index is -1.39. The van der Waals surface area contributed by atoms with Gasteiger partial charge in [-0.15, -0.1) is 0 Å². The van der Waals surface area contributed by atoms with E-state index in [1.807, 2.05) is 59.5 Å². The molecule has 0 aliphatic carbocycles. The molecule has 0 spiro atoms. The highest BCUT2D eigenvalue weighted by Crippen LogP contribution is 2.34. The van der Waals surface area contributed by atoms with Crippen LogP contribution in [-0.4, -0.2) is 45.8 Å². The number of alkyl halides is 1. The molecule has 1 aliphatic rings. The van der Waals surface area contributed by atoms with Crippen LogP contribution < -0.4 is 4.90 Å². The lowest BCUT2D eigenvalue weighted by Gasteiger charge is -2.26. The second kappa shape index (κ2) is 8.94. The number of hydrogen-bond donors (Lipinski definition) is 0. The van der Waals surface area contributed by atoms with Gasteiger partial charge in [0.05, 0.1) is 22.6 Å². The van der Waals surface area contributed by atoms with E-state index in [9.17, 15) is 4.39 Å². The largest absolute Gasteiger partial charge is 0.368 e. The minimum absolute atomic E-state index is 0.700. The van der Waals surface area contributed by atoms with Gasteiger partial charge in [0, 0.05) is 50.5 Å². The monoisotopic (exact) mass is 443 g/mol. The molecule has 1 aliphatic heterocycles. The zero-order valence-electron chi connectivity index (χ0n) is 19.3. The summed E-state index contributed by atoms with van der Waals surface area (Å²) in [6, 6.07) is 20.1. The Morgan fingerprint density at radius 3 is 2.61 bits per heavy atom. The van der Waals surface area contributed by atoms with Gasteiger partial charge < -0.3 is 4.90 Å². The second-order valence-electron chi connectivity index (χ2n) is 9.25. The summed E-state index contributed by atoms with van der Waals surface area (Å²) in [5.41, 5.74) is 3.42. The number of benzene rings is 2. The van der Waals surface area contributed by atoms with Gasteiger partial charge in [-0.05, 0) is 62.2 Å². The van der Waals surface area contributed by atoms with Crippen LogP contribution in [0.25, 0.3) is 16.6 Å². The van der Waals surface area contributed by atoms with E-state index in [1.165, 1.54) is 0 Å². The van der Waals surface area contributed by atoms with Crippen molar-refractivity contribution < 1.29 is 4.39 Å². The van der Waals surface area contributed by atoms with Crippen LogP contribution in [0.3, 0.4) is 0 Å². The number of halogens is 1. The van der Waals surface area contributed by atoms with Gasteiger partial charge in [0.2, 0.25) is 0 Å². The van der Waals surface area contributed by atoms with Crippen molar-refractivity contribution in [2.75, 3.05) is 31.1 Å². The lowest BCUT2D eigenvalue weighted by molar-refractivity contribution is 0.222. The predicted molar refractivity (Wildman–Crippen MR) is 132 cm³/mol. The number of nitrogens with zero attached hydrogens (tertiary/aromatic N) is 5. The molecule has 2 aromatic heterocycles. The summed E-state index contributed by atoms with van der Waals surface area (Å²) in [5, 5.41) is 5.76. The van der Waals surface area contributed by atoms with Crippen molar-refractivity contribution in [2.45, 2.75) is 32.5 Å². The molecule has 0 radical (unpaired) electrons. The van der Waals surface area contributed by atoms with Gasteiger partial charge >= 0.3 is 0 Å². The van der Waals surface area contributed by atoms with E-state index >= 15 is 0 Å². The highest BCUT2D eigenvalue weighted by molar-refractivity contribution is 5.91. The lowest BCUT2D eigenvalue weighted by Crippen LogP contribution is -2.31. The van der Waals surface area contributed by atoms with E-state index in [0.29, 0.717) is 5.56 Å². The Morgan fingerprint density at radius 2 is 1.79 bits per heavy atom. The first-order chi connectivity index (χ1) is 16.0. The van der Waals surface area contributed by atoms with Crippen molar-refractivity contribution in [2.24, 2.45) is 0 Å². The molecular formula is C27H30FN5. The standard InChI is InChI=1S/C27H30FN5/c1-27(2,28)22-18-21-8-6-12-29-26(21)25(19-22)32-14-7-13-31(16-17-32)20-23-11-15-33(30-23)24-9-4-3-5-10-24/h3-6,8-12,15,18-19H,7,13-14,16-17,20H2,1-2H3. The van der Waals surface area contributed by atoms with Gasteiger partial charge in [0.15, 0.2) is 0 Å². The molecule has 0 unspecified atom stereocenters. The van der Waals surface area contributed by atoms with Crippen molar-refractivity contribution in [3.05, 3.63) is 84.3 Å². The topological polar surface area (TPSA) is 37.2 Å². The molecule has 4 aromatic rings. The highest BCUT2D eigenvalue weighted by atomic mass is 19.1. The van der Waals surface area contributed by atoms with Crippen molar-refractivity contribution in [1.82, 2.24) is 19.7 Å². The summed E-state index contributed by atoms with van der Waals surface area (Å²) >= 11 is 0. The second-order valence-corrected chi connectivity index (χ2v) is 9.25. The number of pyridine rings is 1. The fraction of sp³-hybridized carbons (Fsp3) is 0.333. The summed E-state index contributed by atoms with van der Waals surface area (Å²) in [4.78, 5) is 9.46. The fourth-order valence-corrected chi connectivity index (χ4v) is 4.53. The van der Waals surface area contributed by atoms with Crippen molar-refractivity contribution in [3.63, 3.8) is 0 Å². The molecule has 0 atom stereocenters. The number of para-hydroxylation sites is 1. The summed E-state index contributed by atoms with van der Waals surface area (Å²) in [6.45, 7) is 7.80. The van der Waals surface area contributed by atoms with Crippen LogP contribution in [0.15, 0.2) is 73.1 Å². The Balaban J connectivity index is 1.33. The maximum Gasteiger partial charge on any atom is 0.130 e. The molecule has 5 nitrogen and oxygen atoms in total. The summed E-state index contributed by atoms with van der Waals surface area (Å²) < 4.78 is 16.8. The molecule has 6 heteroatoms. The molecule has 5 rings (SSSR count). The molecule has 0 N–H and O–H groups in total. The van der Waals surface area contributed by atoms with Gasteiger partial charge in [0.25, 0.3) is 0 Å². The maximum atomic E-state index is 14.8. The normalized spacial score (nSPS) is 15.7. The first-order valence-electron chi connectivity index (χ1n) is 11.6. The average molecular weight is 444 g/mol. The van der Waals surface area contributed by atoms with E-state index in [-0.39, 0.29) is 0 Å². The third kappa shape index (κ3) is 4.76. The minimum Gasteiger partial charge on any atom is -0.368 e. The first-order valence-corrected chi connectivity index (χ1v) is 11.6. The van der Waals surface area contributed by atoms with Gasteiger partial charge in [-0.2, -0.15) is 5.10 Å². The van der Waals surface area contributed by atoms with Crippen LogP contribution in [0.4, 0.5) is 10.1 Å². The van der Waals surface area contributed by atoms with Gasteiger partial charge in [-0.3, -0.25) is 9.88 Å². The molecule has 0 saturated carbocycles. The SMILES string of the molecule is CC(C)(F)c1cc(N2CCCN(Cc3ccn(-c4ccccc4)n3)CC2)c2ncccc2c1. The molecule has 170 valence electrons. The Morgan fingerprint density at radius 1 is 0.939 bits per heavy atom. The van der Waals surface area contributed by atoms with Crippen molar-refractivity contribution in [3.8, 4) is 5.69 Å². The molecular weight excluding hydrogens is 413 g/mol. The lowest BCUT2D eigenvalue weighted by atomic mass is 9.97. The van der Waals surface area contributed by atoms with Crippen LogP contribution in [0.2, 0.25) is 0 Å². The molecule has 0 bridgehead atoms. The highest BCUT2D eigenvalue weighted by Gasteiger charge is 2.24. The van der Waals surface area contributed by atoms with Crippen molar-refractivity contribution >= 4 is 16.6 Å². The zero-order chi connectivity index (χ0) is 22.8. The Hall–Kier alpha value is -3.25. The Labute approximate surface area is 194 Å². The summed E-state index contributed by atoms with van der Waals surface area (Å²) in [7, 11) is 0. The van der Waals surface area contributed by atoms with Gasteiger partial charge in [-0.1, -0.05) is 24.3 Å². The van der Waals surface area contributed by atoms with E-state index in [1.54, 1.807) is 13.8 Å². The molecule has 33 heavy (non-hydrogen) atoms. The maximum absolute atomic E-state index is 14.8. The smallest absolute Gasteiger partial charge is 0.130 e. The Bertz CT molecular complexity index is 1230. The zero-order valence-corrected chi connectivity index (χ0v) is 19.3. The third-order valence-electron chi connectivity index (χ3n) is 6.35. The molecule has 1 fully saturated rings. The number of hydrogen-bond acceptors (Lipinski definition) is 4. The number of aromatic nitrogens is 3. The van der Waals surface area contributed by atoms with Crippen molar-refractivity contribution in [1.29, 1.82) is 0 Å². The first kappa shape index (κ1) is 21.6. The fourth-order valence-electron chi connectivity index (χ4n) is 4.53. The van der Waals surface area contributed by atoms with E-state index < -0.39 is 5.67 Å². The van der Waals surface area contributed by atoms with Crippen LogP contribution in [-0.2, 0) is 12.2 Å². The Kier molecular flexibility index (Phi) is 5.85. The van der Waals surface area contributed by atoms with Gasteiger partial charge in [-0.25, -0.2) is 9.07 Å². The third-order valence-corrected chi connectivity index (χ3v) is 6.35. The van der Waals surface area contributed by atoms with Crippen LogP contribution in [0.1, 0.15) is 31.5 Å². The average Bonchev–Trinajstić information content (AvgIpc) is 3.16. The molecule has 1 saturated heterocycles. The number of fused-ring (bicyclic) bond motifs is 1. The predicted octanol–water partition coefficient (Wildman–Crippen LogP) is 5.34.